The maximum atomic E-state index is 10.7. The Morgan fingerprint density at radius 3 is 3.08 bits per heavy atom. The van der Waals surface area contributed by atoms with Crippen LogP contribution in [0.2, 0.25) is 0 Å². The van der Waals surface area contributed by atoms with E-state index in [0.29, 0.717) is 5.92 Å². The van der Waals surface area contributed by atoms with Gasteiger partial charge in [0.15, 0.2) is 0 Å². The quantitative estimate of drug-likeness (QED) is 0.651. The second-order valence-corrected chi connectivity index (χ2v) is 2.91. The zero-order valence-corrected chi connectivity index (χ0v) is 6.62. The van der Waals surface area contributed by atoms with E-state index >= 15 is 0 Å². The lowest BCUT2D eigenvalue weighted by Crippen LogP contribution is -2.10. The van der Waals surface area contributed by atoms with Crippen molar-refractivity contribution in [3.63, 3.8) is 0 Å². The predicted molar refractivity (Wildman–Crippen MR) is 43.0 cm³/mol. The number of aromatic amines is 1. The highest BCUT2D eigenvalue weighted by molar-refractivity contribution is 5.07. The Balaban J connectivity index is 2.22. The van der Waals surface area contributed by atoms with Gasteiger partial charge in [-0.3, -0.25) is 4.79 Å². The smallest absolute Gasteiger partial charge is 0.264 e. The Morgan fingerprint density at radius 1 is 1.58 bits per heavy atom. The summed E-state index contributed by atoms with van der Waals surface area (Å²) >= 11 is 0. The average Bonchev–Trinajstić information content (AvgIpc) is 2.58. The molecule has 1 aromatic rings. The van der Waals surface area contributed by atoms with E-state index in [-0.39, 0.29) is 5.56 Å². The van der Waals surface area contributed by atoms with Crippen LogP contribution in [-0.2, 0) is 4.74 Å². The maximum absolute atomic E-state index is 10.7. The molecule has 1 N–H and O–H groups in total. The molecule has 64 valence electrons. The first-order chi connectivity index (χ1) is 5.86. The van der Waals surface area contributed by atoms with Crippen molar-refractivity contribution in [3.05, 3.63) is 28.2 Å². The molecule has 1 aromatic heterocycles. The van der Waals surface area contributed by atoms with Crippen molar-refractivity contribution < 1.29 is 4.74 Å². The maximum Gasteiger partial charge on any atom is 0.264 e. The van der Waals surface area contributed by atoms with Crippen molar-refractivity contribution in [3.8, 4) is 0 Å². The van der Waals surface area contributed by atoms with Gasteiger partial charge in [-0.05, 0) is 12.5 Å². The first-order valence-electron chi connectivity index (χ1n) is 3.99. The lowest BCUT2D eigenvalue weighted by atomic mass is 10.1. The van der Waals surface area contributed by atoms with E-state index < -0.39 is 0 Å². The summed E-state index contributed by atoms with van der Waals surface area (Å²) < 4.78 is 5.21. The summed E-state index contributed by atoms with van der Waals surface area (Å²) in [5.41, 5.74) is 0.768. The van der Waals surface area contributed by atoms with Gasteiger partial charge in [-0.1, -0.05) is 0 Å². The average molecular weight is 166 g/mol. The molecule has 1 aliphatic rings. The minimum atomic E-state index is -0.155. The van der Waals surface area contributed by atoms with Crippen LogP contribution in [0.3, 0.4) is 0 Å². The number of rotatable bonds is 1. The van der Waals surface area contributed by atoms with E-state index in [9.17, 15) is 4.79 Å². The van der Waals surface area contributed by atoms with Crippen LogP contribution in [0.5, 0.6) is 0 Å². The highest BCUT2D eigenvalue weighted by atomic mass is 16.5. The molecule has 0 bridgehead atoms. The Labute approximate surface area is 69.6 Å². The number of hydrogen-bond acceptors (Lipinski definition) is 3. The van der Waals surface area contributed by atoms with Crippen molar-refractivity contribution in [1.82, 2.24) is 10.2 Å². The van der Waals surface area contributed by atoms with E-state index in [4.69, 9.17) is 4.74 Å². The van der Waals surface area contributed by atoms with Gasteiger partial charge in [-0.25, -0.2) is 5.10 Å². The van der Waals surface area contributed by atoms with Gasteiger partial charge in [-0.15, -0.1) is 0 Å². The highest BCUT2D eigenvalue weighted by Crippen LogP contribution is 2.21. The molecular formula is C8H10N2O2. The number of aromatic nitrogens is 2. The highest BCUT2D eigenvalue weighted by Gasteiger charge is 2.18. The third-order valence-electron chi connectivity index (χ3n) is 2.05. The van der Waals surface area contributed by atoms with E-state index in [2.05, 4.69) is 10.2 Å². The molecule has 1 fully saturated rings. The summed E-state index contributed by atoms with van der Waals surface area (Å²) in [5.74, 6) is 0.363. The van der Waals surface area contributed by atoms with E-state index in [1.54, 1.807) is 6.07 Å². The van der Waals surface area contributed by atoms with Crippen LogP contribution in [0.1, 0.15) is 18.0 Å². The largest absolute Gasteiger partial charge is 0.381 e. The van der Waals surface area contributed by atoms with Gasteiger partial charge in [0, 0.05) is 18.6 Å². The van der Waals surface area contributed by atoms with Crippen molar-refractivity contribution in [2.75, 3.05) is 13.2 Å². The first kappa shape index (κ1) is 7.49. The first-order valence-corrected chi connectivity index (χ1v) is 3.99. The third-order valence-corrected chi connectivity index (χ3v) is 2.05. The Hall–Kier alpha value is -1.16. The number of ether oxygens (including phenoxy) is 1. The lowest BCUT2D eigenvalue weighted by Gasteiger charge is -2.03. The second-order valence-electron chi connectivity index (χ2n) is 2.91. The summed E-state index contributed by atoms with van der Waals surface area (Å²) in [4.78, 5) is 10.7. The van der Waals surface area contributed by atoms with Crippen molar-refractivity contribution in [2.24, 2.45) is 0 Å². The number of hydrogen-bond donors (Lipinski definition) is 1. The van der Waals surface area contributed by atoms with Gasteiger partial charge in [-0.2, -0.15) is 5.10 Å². The summed E-state index contributed by atoms with van der Waals surface area (Å²) in [6.45, 7) is 1.52. The fraction of sp³-hybridized carbons (Fsp3) is 0.500. The van der Waals surface area contributed by atoms with Crippen molar-refractivity contribution in [1.29, 1.82) is 0 Å². The zero-order chi connectivity index (χ0) is 8.39. The SMILES string of the molecule is O=c1ccc(C2CCOC2)n[nH]1. The fourth-order valence-corrected chi connectivity index (χ4v) is 1.35. The summed E-state index contributed by atoms with van der Waals surface area (Å²) in [6, 6.07) is 3.26. The van der Waals surface area contributed by atoms with Gasteiger partial charge in [0.1, 0.15) is 0 Å². The van der Waals surface area contributed by atoms with Crippen molar-refractivity contribution >= 4 is 0 Å². The zero-order valence-electron chi connectivity index (χ0n) is 6.62. The molecule has 4 nitrogen and oxygen atoms in total. The molecule has 4 heteroatoms. The van der Waals surface area contributed by atoms with Crippen LogP contribution >= 0.6 is 0 Å². The van der Waals surface area contributed by atoms with E-state index in [0.717, 1.165) is 25.3 Å². The van der Waals surface area contributed by atoms with Gasteiger partial charge < -0.3 is 4.74 Å². The standard InChI is InChI=1S/C8H10N2O2/c11-8-2-1-7(9-10-8)6-3-4-12-5-6/h1-2,6H,3-5H2,(H,10,11). The van der Waals surface area contributed by atoms with Crippen LogP contribution in [0.4, 0.5) is 0 Å². The minimum Gasteiger partial charge on any atom is -0.381 e. The monoisotopic (exact) mass is 166 g/mol. The van der Waals surface area contributed by atoms with Crippen molar-refractivity contribution in [2.45, 2.75) is 12.3 Å². The molecule has 0 radical (unpaired) electrons. The fourth-order valence-electron chi connectivity index (χ4n) is 1.35. The molecule has 0 aromatic carbocycles. The van der Waals surface area contributed by atoms with Gasteiger partial charge >= 0.3 is 0 Å². The van der Waals surface area contributed by atoms with Crippen LogP contribution in [0.25, 0.3) is 0 Å². The summed E-state index contributed by atoms with van der Waals surface area (Å²) in [6.07, 6.45) is 0.999. The lowest BCUT2D eigenvalue weighted by molar-refractivity contribution is 0.193. The normalized spacial score (nSPS) is 22.8. The molecule has 1 atom stereocenters. The molecular weight excluding hydrogens is 156 g/mol. The predicted octanol–water partition coefficient (Wildman–Crippen LogP) is 0.274. The third kappa shape index (κ3) is 1.38. The molecule has 1 unspecified atom stereocenters. The molecule has 0 spiro atoms. The molecule has 2 rings (SSSR count). The minimum absolute atomic E-state index is 0.155. The van der Waals surface area contributed by atoms with Crippen LogP contribution in [0, 0.1) is 0 Å². The molecule has 0 aliphatic carbocycles. The Kier molecular flexibility index (Phi) is 1.91. The number of nitrogens with zero attached hydrogens (tertiary/aromatic N) is 1. The summed E-state index contributed by atoms with van der Waals surface area (Å²) in [7, 11) is 0. The topological polar surface area (TPSA) is 55.0 Å². The molecule has 1 aliphatic heterocycles. The Morgan fingerprint density at radius 2 is 2.50 bits per heavy atom. The molecule has 0 amide bonds. The molecule has 0 saturated carbocycles. The van der Waals surface area contributed by atoms with Crippen LogP contribution in [0.15, 0.2) is 16.9 Å². The van der Waals surface area contributed by atoms with Gasteiger partial charge in [0.25, 0.3) is 5.56 Å². The number of H-pyrrole nitrogens is 1. The second kappa shape index (κ2) is 3.06. The van der Waals surface area contributed by atoms with Crippen LogP contribution < -0.4 is 5.56 Å². The Bertz CT molecular complexity index is 295. The van der Waals surface area contributed by atoms with Crippen LogP contribution in [-0.4, -0.2) is 23.4 Å². The van der Waals surface area contributed by atoms with E-state index in [1.165, 1.54) is 6.07 Å². The molecule has 12 heavy (non-hydrogen) atoms. The van der Waals surface area contributed by atoms with Gasteiger partial charge in [0.2, 0.25) is 0 Å². The number of nitrogens with one attached hydrogen (secondary N) is 1. The van der Waals surface area contributed by atoms with E-state index in [1.807, 2.05) is 0 Å². The summed E-state index contributed by atoms with van der Waals surface area (Å²) in [5, 5.41) is 6.36. The molecule has 1 saturated heterocycles. The molecule has 2 heterocycles. The van der Waals surface area contributed by atoms with Gasteiger partial charge in [0.05, 0.1) is 12.3 Å².